The number of ether oxygens (including phenoxy) is 1. The maximum atomic E-state index is 12.8. The van der Waals surface area contributed by atoms with Gasteiger partial charge in [-0.25, -0.2) is 4.79 Å². The number of carbonyl (C=O) groups is 3. The molecule has 27 heavy (non-hydrogen) atoms. The third kappa shape index (κ3) is 6.58. The first-order valence-corrected chi connectivity index (χ1v) is 9.09. The fraction of sp³-hybridized carbons (Fsp3) is 0.550. The summed E-state index contributed by atoms with van der Waals surface area (Å²) < 4.78 is 5.86. The number of aliphatic carboxylic acids is 1. The fourth-order valence-electron chi connectivity index (χ4n) is 2.56. The van der Waals surface area contributed by atoms with Gasteiger partial charge >= 0.3 is 5.97 Å². The molecule has 7 heteroatoms. The summed E-state index contributed by atoms with van der Waals surface area (Å²) in [5, 5.41) is 11.9. The van der Waals surface area contributed by atoms with Crippen molar-refractivity contribution in [3.63, 3.8) is 0 Å². The van der Waals surface area contributed by atoms with E-state index in [2.05, 4.69) is 19.2 Å². The van der Waals surface area contributed by atoms with Crippen molar-refractivity contribution in [2.24, 2.45) is 0 Å². The molecule has 2 amide bonds. The van der Waals surface area contributed by atoms with E-state index in [1.54, 1.807) is 6.92 Å². The maximum absolute atomic E-state index is 12.8. The average Bonchev–Trinajstić information content (AvgIpc) is 2.58. The molecule has 150 valence electrons. The average molecular weight is 378 g/mol. The number of nitrogens with zero attached hydrogens (tertiary/aromatic N) is 1. The van der Waals surface area contributed by atoms with Crippen LogP contribution in [0.5, 0.6) is 5.75 Å². The summed E-state index contributed by atoms with van der Waals surface area (Å²) in [5.74, 6) is -0.872. The molecule has 7 nitrogen and oxygen atoms in total. The molecule has 2 unspecified atom stereocenters. The summed E-state index contributed by atoms with van der Waals surface area (Å²) in [6.45, 7) is 10.7. The Morgan fingerprint density at radius 3 is 2.33 bits per heavy atom. The third-order valence-electron chi connectivity index (χ3n) is 4.37. The highest BCUT2D eigenvalue weighted by Gasteiger charge is 2.30. The minimum absolute atomic E-state index is 0.0879. The van der Waals surface area contributed by atoms with Crippen LogP contribution in [-0.4, -0.2) is 53.0 Å². The Kier molecular flexibility index (Phi) is 8.28. The molecule has 0 bridgehead atoms. The Morgan fingerprint density at radius 2 is 1.81 bits per heavy atom. The zero-order valence-corrected chi connectivity index (χ0v) is 16.9. The molecule has 2 N–H and O–H groups in total. The number of amides is 2. The molecule has 2 atom stereocenters. The molecule has 0 aliphatic rings. The summed E-state index contributed by atoms with van der Waals surface area (Å²) in [4.78, 5) is 36.5. The lowest BCUT2D eigenvalue weighted by Gasteiger charge is -2.29. The zero-order valence-electron chi connectivity index (χ0n) is 16.9. The predicted octanol–water partition coefficient (Wildman–Crippen LogP) is 2.32. The van der Waals surface area contributed by atoms with Crippen LogP contribution in [-0.2, 0) is 14.4 Å². The van der Waals surface area contributed by atoms with E-state index in [-0.39, 0.29) is 19.0 Å². The highest BCUT2D eigenvalue weighted by Crippen LogP contribution is 2.25. The smallest absolute Gasteiger partial charge is 0.326 e. The van der Waals surface area contributed by atoms with Crippen molar-refractivity contribution in [1.29, 1.82) is 0 Å². The SMILES string of the molecule is CC(=O)NCCN(C(=O)C(C)Oc1cc(C(C)C)ccc1C)C(C)C(=O)O. The zero-order chi connectivity index (χ0) is 20.7. The summed E-state index contributed by atoms with van der Waals surface area (Å²) >= 11 is 0. The molecule has 1 aromatic rings. The number of aryl methyl sites for hydroxylation is 1. The monoisotopic (exact) mass is 378 g/mol. The topological polar surface area (TPSA) is 95.9 Å². The first-order chi connectivity index (χ1) is 12.5. The van der Waals surface area contributed by atoms with Crippen LogP contribution in [0.3, 0.4) is 0 Å². The lowest BCUT2D eigenvalue weighted by atomic mass is 10.0. The third-order valence-corrected chi connectivity index (χ3v) is 4.37. The van der Waals surface area contributed by atoms with Crippen LogP contribution in [0.15, 0.2) is 18.2 Å². The van der Waals surface area contributed by atoms with Gasteiger partial charge in [-0.2, -0.15) is 0 Å². The van der Waals surface area contributed by atoms with E-state index in [0.29, 0.717) is 11.7 Å². The van der Waals surface area contributed by atoms with Crippen molar-refractivity contribution in [1.82, 2.24) is 10.2 Å². The van der Waals surface area contributed by atoms with E-state index in [1.165, 1.54) is 18.7 Å². The van der Waals surface area contributed by atoms with Crippen molar-refractivity contribution in [3.05, 3.63) is 29.3 Å². The van der Waals surface area contributed by atoms with Gasteiger partial charge in [-0.15, -0.1) is 0 Å². The van der Waals surface area contributed by atoms with Crippen LogP contribution in [0.1, 0.15) is 51.7 Å². The van der Waals surface area contributed by atoms with Crippen molar-refractivity contribution >= 4 is 17.8 Å². The molecule has 0 fully saturated rings. The minimum atomic E-state index is -1.11. The van der Waals surface area contributed by atoms with Gasteiger partial charge in [0.05, 0.1) is 0 Å². The van der Waals surface area contributed by atoms with E-state index in [9.17, 15) is 19.5 Å². The van der Waals surface area contributed by atoms with Gasteiger partial charge in [-0.1, -0.05) is 26.0 Å². The molecule has 0 spiro atoms. The van der Waals surface area contributed by atoms with Gasteiger partial charge < -0.3 is 20.1 Å². The second-order valence-corrected chi connectivity index (χ2v) is 6.97. The summed E-state index contributed by atoms with van der Waals surface area (Å²) in [6.07, 6.45) is -0.856. The molecule has 0 heterocycles. The highest BCUT2D eigenvalue weighted by atomic mass is 16.5. The Morgan fingerprint density at radius 1 is 1.19 bits per heavy atom. The largest absolute Gasteiger partial charge is 0.481 e. The molecule has 1 rings (SSSR count). The van der Waals surface area contributed by atoms with Gasteiger partial charge in [0.2, 0.25) is 5.91 Å². The molecule has 0 aliphatic carbocycles. The first-order valence-electron chi connectivity index (χ1n) is 9.09. The predicted molar refractivity (Wildman–Crippen MR) is 103 cm³/mol. The van der Waals surface area contributed by atoms with Gasteiger partial charge in [-0.05, 0) is 43.9 Å². The van der Waals surface area contributed by atoms with Crippen LogP contribution in [0.4, 0.5) is 0 Å². The molecule has 1 aromatic carbocycles. The van der Waals surface area contributed by atoms with Crippen molar-refractivity contribution in [2.45, 2.75) is 59.6 Å². The molecule has 0 aromatic heterocycles. The molecule has 0 aliphatic heterocycles. The van der Waals surface area contributed by atoms with Crippen molar-refractivity contribution in [2.75, 3.05) is 13.1 Å². The Hall–Kier alpha value is -2.57. The van der Waals surface area contributed by atoms with Gasteiger partial charge in [0.25, 0.3) is 5.91 Å². The quantitative estimate of drug-likeness (QED) is 0.687. The number of carbonyl (C=O) groups excluding carboxylic acids is 2. The Balaban J connectivity index is 2.95. The Labute approximate surface area is 160 Å². The lowest BCUT2D eigenvalue weighted by molar-refractivity contribution is -0.152. The molecule has 0 saturated heterocycles. The number of hydrogen-bond acceptors (Lipinski definition) is 4. The van der Waals surface area contributed by atoms with Crippen LogP contribution < -0.4 is 10.1 Å². The number of carboxylic acids is 1. The van der Waals surface area contributed by atoms with Gasteiger partial charge in [0, 0.05) is 20.0 Å². The van der Waals surface area contributed by atoms with Crippen LogP contribution in [0.25, 0.3) is 0 Å². The van der Waals surface area contributed by atoms with Crippen molar-refractivity contribution < 1.29 is 24.2 Å². The Bertz CT molecular complexity index is 687. The second kappa shape index (κ2) is 9.94. The molecular weight excluding hydrogens is 348 g/mol. The highest BCUT2D eigenvalue weighted by molar-refractivity contribution is 5.86. The number of nitrogens with one attached hydrogen (secondary N) is 1. The lowest BCUT2D eigenvalue weighted by Crippen LogP contribution is -2.51. The minimum Gasteiger partial charge on any atom is -0.481 e. The number of benzene rings is 1. The number of rotatable bonds is 9. The second-order valence-electron chi connectivity index (χ2n) is 6.97. The summed E-state index contributed by atoms with van der Waals surface area (Å²) in [5.41, 5.74) is 1.99. The first kappa shape index (κ1) is 22.5. The molecular formula is C20H30N2O5. The van der Waals surface area contributed by atoms with Gasteiger partial charge in [-0.3, -0.25) is 9.59 Å². The number of hydrogen-bond donors (Lipinski definition) is 2. The maximum Gasteiger partial charge on any atom is 0.326 e. The molecule has 0 radical (unpaired) electrons. The molecule has 0 saturated carbocycles. The summed E-state index contributed by atoms with van der Waals surface area (Å²) in [6, 6.07) is 4.84. The standard InChI is InChI=1S/C20H30N2O5/c1-12(2)17-8-7-13(3)18(11-17)27-15(5)19(24)22(14(4)20(25)26)10-9-21-16(6)23/h7-8,11-12,14-15H,9-10H2,1-6H3,(H,21,23)(H,25,26). The fourth-order valence-corrected chi connectivity index (χ4v) is 2.56. The van der Waals surface area contributed by atoms with E-state index in [4.69, 9.17) is 4.74 Å². The normalized spacial score (nSPS) is 13.0. The van der Waals surface area contributed by atoms with Gasteiger partial charge in [0.1, 0.15) is 11.8 Å². The van der Waals surface area contributed by atoms with E-state index in [1.807, 2.05) is 25.1 Å². The van der Waals surface area contributed by atoms with Crippen molar-refractivity contribution in [3.8, 4) is 5.75 Å². The number of carboxylic acid groups (broad SMARTS) is 1. The van der Waals surface area contributed by atoms with E-state index < -0.39 is 24.0 Å². The van der Waals surface area contributed by atoms with E-state index in [0.717, 1.165) is 11.1 Å². The van der Waals surface area contributed by atoms with Gasteiger partial charge in [0.15, 0.2) is 6.10 Å². The van der Waals surface area contributed by atoms with Crippen LogP contribution >= 0.6 is 0 Å². The van der Waals surface area contributed by atoms with Crippen LogP contribution in [0, 0.1) is 6.92 Å². The summed E-state index contributed by atoms with van der Waals surface area (Å²) in [7, 11) is 0. The van der Waals surface area contributed by atoms with Crippen LogP contribution in [0.2, 0.25) is 0 Å². The van der Waals surface area contributed by atoms with E-state index >= 15 is 0 Å².